The molecule has 8 heteroatoms. The molecular weight excluding hydrogens is 353 g/mol. The summed E-state index contributed by atoms with van der Waals surface area (Å²) in [6.45, 7) is 1.76. The van der Waals surface area contributed by atoms with E-state index in [0.717, 1.165) is 4.90 Å². The van der Waals surface area contributed by atoms with E-state index in [4.69, 9.17) is 16.3 Å². The van der Waals surface area contributed by atoms with Crippen LogP contribution in [0.4, 0.5) is 9.18 Å². The summed E-state index contributed by atoms with van der Waals surface area (Å²) in [4.78, 5) is 36.6. The van der Waals surface area contributed by atoms with Crippen LogP contribution in [0.25, 0.3) is 0 Å². The summed E-state index contributed by atoms with van der Waals surface area (Å²) in [5.74, 6) is -2.05. The lowest BCUT2D eigenvalue weighted by atomic mass is 9.93. The van der Waals surface area contributed by atoms with Crippen molar-refractivity contribution in [3.63, 3.8) is 0 Å². The van der Waals surface area contributed by atoms with Crippen LogP contribution < -0.4 is 0 Å². The van der Waals surface area contributed by atoms with Gasteiger partial charge in [0.2, 0.25) is 0 Å². The quantitative estimate of drug-likeness (QED) is 0.637. The number of benzene rings is 1. The maximum absolute atomic E-state index is 14.3. The summed E-state index contributed by atoms with van der Waals surface area (Å²) in [5.41, 5.74) is -0.440. The van der Waals surface area contributed by atoms with E-state index in [2.05, 4.69) is 0 Å². The largest absolute Gasteiger partial charge is 0.466 e. The second kappa shape index (κ2) is 6.29. The number of amides is 1. The predicted octanol–water partition coefficient (Wildman–Crippen LogP) is 2.62. The normalized spacial score (nSPS) is 26.9. The molecule has 3 atom stereocenters. The minimum absolute atomic E-state index is 0.00347. The number of halogens is 2. The minimum Gasteiger partial charge on any atom is -0.466 e. The molecule has 1 heterocycles. The molecule has 1 saturated heterocycles. The molecule has 2 fully saturated rings. The summed E-state index contributed by atoms with van der Waals surface area (Å²) < 4.78 is 19.0. The zero-order chi connectivity index (χ0) is 18.4. The summed E-state index contributed by atoms with van der Waals surface area (Å²) in [6.07, 6.45) is -1.28. The Bertz CT molecular complexity index is 755. The number of hydrogen-bond donors (Lipinski definition) is 1. The van der Waals surface area contributed by atoms with Gasteiger partial charge in [-0.25, -0.2) is 9.18 Å². The van der Waals surface area contributed by atoms with Gasteiger partial charge in [0.1, 0.15) is 12.2 Å². The second-order valence-corrected chi connectivity index (χ2v) is 6.83. The molecule has 1 aromatic carbocycles. The van der Waals surface area contributed by atoms with Crippen LogP contribution in [-0.2, 0) is 19.7 Å². The Balaban J connectivity index is 1.88. The van der Waals surface area contributed by atoms with Gasteiger partial charge in [0.15, 0.2) is 5.78 Å². The van der Waals surface area contributed by atoms with Gasteiger partial charge >= 0.3 is 12.1 Å². The lowest BCUT2D eigenvalue weighted by Gasteiger charge is -2.24. The zero-order valence-corrected chi connectivity index (χ0v) is 14.3. The van der Waals surface area contributed by atoms with E-state index in [0.29, 0.717) is 17.0 Å². The fourth-order valence-electron chi connectivity index (χ4n) is 3.87. The van der Waals surface area contributed by atoms with Crippen LogP contribution in [0.3, 0.4) is 0 Å². The number of rotatable bonds is 5. The van der Waals surface area contributed by atoms with E-state index in [1.54, 1.807) is 6.92 Å². The molecule has 0 bridgehead atoms. The first-order valence-corrected chi connectivity index (χ1v) is 8.31. The molecule has 3 rings (SSSR count). The Kier molecular flexibility index (Phi) is 4.45. The van der Waals surface area contributed by atoms with Crippen molar-refractivity contribution >= 4 is 29.4 Å². The summed E-state index contributed by atoms with van der Waals surface area (Å²) in [5, 5.41) is 9.78. The number of nitrogens with zero attached hydrogens (tertiary/aromatic N) is 1. The van der Waals surface area contributed by atoms with Gasteiger partial charge in [-0.15, -0.1) is 0 Å². The third-order valence-electron chi connectivity index (χ3n) is 4.97. The summed E-state index contributed by atoms with van der Waals surface area (Å²) in [7, 11) is 0. The van der Waals surface area contributed by atoms with Crippen molar-refractivity contribution in [2.75, 3.05) is 13.2 Å². The molecule has 0 radical (unpaired) electrons. The minimum atomic E-state index is -1.27. The number of likely N-dealkylation sites (tertiary alicyclic amines) is 1. The van der Waals surface area contributed by atoms with Crippen LogP contribution in [0, 0.1) is 11.7 Å². The van der Waals surface area contributed by atoms with Crippen molar-refractivity contribution in [3.05, 3.63) is 34.6 Å². The smallest absolute Gasteiger partial charge is 0.407 e. The molecular formula is C17H17ClFNO5. The van der Waals surface area contributed by atoms with Crippen LogP contribution >= 0.6 is 11.6 Å². The number of esters is 1. The van der Waals surface area contributed by atoms with Crippen molar-refractivity contribution in [1.82, 2.24) is 4.90 Å². The van der Waals surface area contributed by atoms with Crippen molar-refractivity contribution in [2.45, 2.75) is 31.2 Å². The summed E-state index contributed by atoms with van der Waals surface area (Å²) in [6, 6.07) is 3.16. The van der Waals surface area contributed by atoms with Crippen molar-refractivity contribution in [2.24, 2.45) is 5.92 Å². The van der Waals surface area contributed by atoms with E-state index in [1.165, 1.54) is 18.2 Å². The number of carbonyl (C=O) groups excluding carboxylic acids is 2. The van der Waals surface area contributed by atoms with E-state index < -0.39 is 41.5 Å². The summed E-state index contributed by atoms with van der Waals surface area (Å²) >= 11 is 5.95. The van der Waals surface area contributed by atoms with Crippen molar-refractivity contribution in [3.8, 4) is 0 Å². The van der Waals surface area contributed by atoms with E-state index in [9.17, 15) is 23.9 Å². The van der Waals surface area contributed by atoms with Crippen LogP contribution in [0.1, 0.15) is 25.3 Å². The van der Waals surface area contributed by atoms with Crippen LogP contribution in [0.5, 0.6) is 0 Å². The van der Waals surface area contributed by atoms with Crippen LogP contribution in [-0.4, -0.2) is 47.0 Å². The van der Waals surface area contributed by atoms with Crippen molar-refractivity contribution in [1.29, 1.82) is 0 Å². The predicted molar refractivity (Wildman–Crippen MR) is 86.0 cm³/mol. The molecule has 134 valence electrons. The molecule has 2 aliphatic rings. The van der Waals surface area contributed by atoms with Gasteiger partial charge in [-0.1, -0.05) is 11.6 Å². The van der Waals surface area contributed by atoms with Gasteiger partial charge < -0.3 is 9.84 Å². The number of carboxylic acid groups (broad SMARTS) is 1. The number of ketones is 1. The highest BCUT2D eigenvalue weighted by Crippen LogP contribution is 2.62. The monoisotopic (exact) mass is 369 g/mol. The number of fused-ring (bicyclic) bond motifs is 1. The third-order valence-corrected chi connectivity index (χ3v) is 5.20. The van der Waals surface area contributed by atoms with Gasteiger partial charge in [-0.2, -0.15) is 0 Å². The van der Waals surface area contributed by atoms with E-state index in [1.807, 2.05) is 0 Å². The molecule has 1 aliphatic heterocycles. The van der Waals surface area contributed by atoms with Gasteiger partial charge in [0.25, 0.3) is 0 Å². The molecule has 0 aromatic heterocycles. The average Bonchev–Trinajstić information content (AvgIpc) is 3.15. The lowest BCUT2D eigenvalue weighted by Crippen LogP contribution is -2.43. The molecule has 1 unspecified atom stereocenters. The molecule has 0 spiro atoms. The third kappa shape index (κ3) is 2.97. The first-order chi connectivity index (χ1) is 11.8. The number of Topliss-reactive ketones (excluding diaryl/α,β-unsaturated/α-hetero) is 1. The number of carbonyl (C=O) groups is 3. The van der Waals surface area contributed by atoms with Gasteiger partial charge in [0.05, 0.1) is 12.6 Å². The Morgan fingerprint density at radius 3 is 2.80 bits per heavy atom. The van der Waals surface area contributed by atoms with Gasteiger partial charge in [-0.05, 0) is 43.0 Å². The average molecular weight is 370 g/mol. The highest BCUT2D eigenvalue weighted by atomic mass is 35.5. The molecule has 1 saturated carbocycles. The molecule has 25 heavy (non-hydrogen) atoms. The Morgan fingerprint density at radius 1 is 1.44 bits per heavy atom. The van der Waals surface area contributed by atoms with E-state index in [-0.39, 0.29) is 19.1 Å². The fraction of sp³-hybridized carbons (Fsp3) is 0.471. The number of piperidine rings is 1. The molecule has 1 aliphatic carbocycles. The fourth-order valence-corrected chi connectivity index (χ4v) is 4.04. The maximum Gasteiger partial charge on any atom is 0.407 e. The number of hydrogen-bond acceptors (Lipinski definition) is 4. The molecule has 1 amide bonds. The van der Waals surface area contributed by atoms with Crippen molar-refractivity contribution < 1.29 is 28.6 Å². The number of ether oxygens (including phenoxy) is 1. The topological polar surface area (TPSA) is 83.9 Å². The molecule has 1 N–H and O–H groups in total. The van der Waals surface area contributed by atoms with E-state index >= 15 is 0 Å². The van der Waals surface area contributed by atoms with Crippen LogP contribution in [0.15, 0.2) is 18.2 Å². The Labute approximate surface area is 148 Å². The lowest BCUT2D eigenvalue weighted by molar-refractivity contribution is -0.146. The van der Waals surface area contributed by atoms with Crippen LogP contribution in [0.2, 0.25) is 5.02 Å². The van der Waals surface area contributed by atoms with Gasteiger partial charge in [0, 0.05) is 17.0 Å². The van der Waals surface area contributed by atoms with Gasteiger partial charge in [-0.3, -0.25) is 14.5 Å². The zero-order valence-electron chi connectivity index (χ0n) is 13.5. The standard InChI is InChI=1S/C17H17ClFNO5/c1-2-25-14(22)6-13(21)15-11-7-17(11,8-20(15)16(23)24)10-5-9(18)3-4-12(10)19/h3-5,11,15H,2,6-8H2,1H3,(H,23,24)/t11-,15?,17+/m0/s1. The highest BCUT2D eigenvalue weighted by molar-refractivity contribution is 6.30. The molecule has 6 nitrogen and oxygen atoms in total. The first kappa shape index (κ1) is 17.7. The highest BCUT2D eigenvalue weighted by Gasteiger charge is 2.69. The SMILES string of the molecule is CCOC(=O)CC(=O)C1[C@@H]2C[C@]2(c2cc(Cl)ccc2F)CN1C(=O)O. The Hall–Kier alpha value is -2.15. The second-order valence-electron chi connectivity index (χ2n) is 6.39. The first-order valence-electron chi connectivity index (χ1n) is 7.93. The maximum atomic E-state index is 14.3. The Morgan fingerprint density at radius 2 is 2.16 bits per heavy atom. The molecule has 1 aromatic rings.